The molecular formula is C26H18N4O4. The number of anilines is 1. The third-order valence-electron chi connectivity index (χ3n) is 5.69. The Morgan fingerprint density at radius 1 is 0.971 bits per heavy atom. The van der Waals surface area contributed by atoms with Gasteiger partial charge in [-0.1, -0.05) is 36.4 Å². The molecular weight excluding hydrogens is 432 g/mol. The highest BCUT2D eigenvalue weighted by molar-refractivity contribution is 6.24. The third-order valence-corrected chi connectivity index (χ3v) is 5.69. The fraction of sp³-hybridized carbons (Fsp3) is 0.0385. The molecule has 1 aliphatic heterocycles. The van der Waals surface area contributed by atoms with Gasteiger partial charge >= 0.3 is 0 Å². The number of nitrogens with zero attached hydrogens (tertiary/aromatic N) is 3. The summed E-state index contributed by atoms with van der Waals surface area (Å²) >= 11 is 0. The molecule has 0 saturated carbocycles. The first kappa shape index (κ1) is 21.0. The van der Waals surface area contributed by atoms with Crippen LogP contribution in [-0.4, -0.2) is 23.0 Å². The first-order valence-electron chi connectivity index (χ1n) is 10.5. The molecule has 2 amide bonds. The molecule has 1 aliphatic rings. The number of nitrogens with one attached hydrogen (secondary N) is 1. The van der Waals surface area contributed by atoms with Gasteiger partial charge in [0.25, 0.3) is 17.5 Å². The number of carbonyl (C=O) groups is 2. The lowest BCUT2D eigenvalue weighted by Crippen LogP contribution is -2.26. The zero-order valence-corrected chi connectivity index (χ0v) is 17.8. The molecule has 0 unspecified atom stereocenters. The smallest absolute Gasteiger partial charge is 0.271 e. The van der Waals surface area contributed by atoms with Gasteiger partial charge in [-0.2, -0.15) is 5.10 Å². The average molecular weight is 450 g/mol. The van der Waals surface area contributed by atoms with Crippen LogP contribution in [0.2, 0.25) is 0 Å². The van der Waals surface area contributed by atoms with E-state index in [1.54, 1.807) is 29.2 Å². The fourth-order valence-electron chi connectivity index (χ4n) is 3.99. The Balaban J connectivity index is 1.24. The van der Waals surface area contributed by atoms with Gasteiger partial charge in [-0.15, -0.1) is 0 Å². The van der Waals surface area contributed by atoms with Crippen LogP contribution in [0.5, 0.6) is 0 Å². The standard InChI is InChI=1S/C26H18N4O4/c31-25(28-27-15-17-9-13-21(14-10-17)30(33)34)20-11-7-18(8-12-20)16-29-23-6-2-4-19-3-1-5-22(24(19)23)26(29)32/h1-15H,16H2,(H,28,31)/b27-15+. The summed E-state index contributed by atoms with van der Waals surface area (Å²) in [5, 5.41) is 16.6. The van der Waals surface area contributed by atoms with Crippen molar-refractivity contribution in [2.75, 3.05) is 4.90 Å². The van der Waals surface area contributed by atoms with Crippen LogP contribution in [0.4, 0.5) is 11.4 Å². The Bertz CT molecular complexity index is 1460. The van der Waals surface area contributed by atoms with Crippen LogP contribution in [0.15, 0.2) is 90.0 Å². The van der Waals surface area contributed by atoms with Gasteiger partial charge in [0.15, 0.2) is 0 Å². The number of carbonyl (C=O) groups excluding carboxylic acids is 2. The van der Waals surface area contributed by atoms with Crippen molar-refractivity contribution in [3.05, 3.63) is 117 Å². The highest BCUT2D eigenvalue weighted by Gasteiger charge is 2.29. The number of non-ortho nitro benzene ring substituents is 1. The maximum absolute atomic E-state index is 13.0. The van der Waals surface area contributed by atoms with E-state index >= 15 is 0 Å². The molecule has 8 heteroatoms. The predicted molar refractivity (Wildman–Crippen MR) is 129 cm³/mol. The monoisotopic (exact) mass is 450 g/mol. The zero-order chi connectivity index (χ0) is 23.7. The molecule has 1 heterocycles. The molecule has 0 bridgehead atoms. The van der Waals surface area contributed by atoms with E-state index in [0.717, 1.165) is 22.0 Å². The van der Waals surface area contributed by atoms with Gasteiger partial charge in [0.2, 0.25) is 0 Å². The SMILES string of the molecule is O=C(N/N=C/c1ccc([N+](=O)[O-])cc1)c1ccc(CN2C(=O)c3cccc4cccc2c34)cc1. The number of nitro benzene ring substituents is 1. The lowest BCUT2D eigenvalue weighted by atomic mass is 10.1. The minimum Gasteiger partial charge on any atom is -0.303 e. The minimum atomic E-state index is -0.481. The summed E-state index contributed by atoms with van der Waals surface area (Å²) in [6.45, 7) is 0.396. The Morgan fingerprint density at radius 3 is 2.38 bits per heavy atom. The summed E-state index contributed by atoms with van der Waals surface area (Å²) in [5.74, 6) is -0.423. The maximum atomic E-state index is 13.0. The van der Waals surface area contributed by atoms with E-state index in [9.17, 15) is 19.7 Å². The van der Waals surface area contributed by atoms with E-state index in [0.29, 0.717) is 23.2 Å². The number of benzene rings is 4. The maximum Gasteiger partial charge on any atom is 0.271 e. The van der Waals surface area contributed by atoms with Gasteiger partial charge in [0, 0.05) is 28.6 Å². The topological polar surface area (TPSA) is 105 Å². The molecule has 5 rings (SSSR count). The van der Waals surface area contributed by atoms with E-state index in [2.05, 4.69) is 10.5 Å². The Kier molecular flexibility index (Phi) is 5.31. The third kappa shape index (κ3) is 3.88. The van der Waals surface area contributed by atoms with Crippen LogP contribution in [0.25, 0.3) is 10.8 Å². The van der Waals surface area contributed by atoms with Gasteiger partial charge in [0.05, 0.1) is 23.4 Å². The van der Waals surface area contributed by atoms with E-state index in [1.165, 1.54) is 18.3 Å². The highest BCUT2D eigenvalue weighted by atomic mass is 16.6. The van der Waals surface area contributed by atoms with Crippen molar-refractivity contribution in [1.82, 2.24) is 5.43 Å². The molecule has 166 valence electrons. The van der Waals surface area contributed by atoms with Crippen LogP contribution in [0.3, 0.4) is 0 Å². The van der Waals surface area contributed by atoms with Crippen molar-refractivity contribution in [3.8, 4) is 0 Å². The van der Waals surface area contributed by atoms with Crippen molar-refractivity contribution < 1.29 is 14.5 Å². The first-order valence-corrected chi connectivity index (χ1v) is 10.5. The number of hydrazone groups is 1. The lowest BCUT2D eigenvalue weighted by Gasteiger charge is -2.18. The molecule has 0 fully saturated rings. The molecule has 0 aromatic heterocycles. The zero-order valence-electron chi connectivity index (χ0n) is 17.8. The summed E-state index contributed by atoms with van der Waals surface area (Å²) in [5.41, 5.74) is 5.95. The normalized spacial score (nSPS) is 12.5. The summed E-state index contributed by atoms with van der Waals surface area (Å²) < 4.78 is 0. The Labute approximate surface area is 194 Å². The second kappa shape index (κ2) is 8.59. The molecule has 0 aliphatic carbocycles. The molecule has 34 heavy (non-hydrogen) atoms. The van der Waals surface area contributed by atoms with Gasteiger partial charge in [0.1, 0.15) is 0 Å². The number of nitro groups is 1. The highest BCUT2D eigenvalue weighted by Crippen LogP contribution is 2.37. The van der Waals surface area contributed by atoms with Gasteiger partial charge in [-0.25, -0.2) is 5.43 Å². The van der Waals surface area contributed by atoms with Crippen LogP contribution in [-0.2, 0) is 6.54 Å². The largest absolute Gasteiger partial charge is 0.303 e. The molecule has 4 aromatic carbocycles. The van der Waals surface area contributed by atoms with Crippen LogP contribution >= 0.6 is 0 Å². The Hall–Kier alpha value is -4.85. The van der Waals surface area contributed by atoms with Crippen LogP contribution < -0.4 is 10.3 Å². The molecule has 8 nitrogen and oxygen atoms in total. The second-order valence-corrected chi connectivity index (χ2v) is 7.82. The summed E-state index contributed by atoms with van der Waals surface area (Å²) in [4.78, 5) is 37.3. The van der Waals surface area contributed by atoms with Crippen molar-refractivity contribution in [2.24, 2.45) is 5.10 Å². The van der Waals surface area contributed by atoms with E-state index in [-0.39, 0.29) is 17.5 Å². The lowest BCUT2D eigenvalue weighted by molar-refractivity contribution is -0.384. The van der Waals surface area contributed by atoms with Crippen molar-refractivity contribution in [2.45, 2.75) is 6.54 Å². The average Bonchev–Trinajstić information content (AvgIpc) is 3.13. The number of hydrogen-bond donors (Lipinski definition) is 1. The summed E-state index contributed by atoms with van der Waals surface area (Å²) in [6.07, 6.45) is 1.41. The van der Waals surface area contributed by atoms with E-state index in [1.807, 2.05) is 48.5 Å². The van der Waals surface area contributed by atoms with E-state index < -0.39 is 4.92 Å². The van der Waals surface area contributed by atoms with Gasteiger partial charge < -0.3 is 4.90 Å². The van der Waals surface area contributed by atoms with Gasteiger partial charge in [-0.3, -0.25) is 19.7 Å². The van der Waals surface area contributed by atoms with E-state index in [4.69, 9.17) is 0 Å². The van der Waals surface area contributed by atoms with Crippen molar-refractivity contribution >= 4 is 40.2 Å². The molecule has 0 spiro atoms. The molecule has 4 aromatic rings. The molecule has 0 atom stereocenters. The second-order valence-electron chi connectivity index (χ2n) is 7.82. The molecule has 0 saturated heterocycles. The summed E-state index contributed by atoms with van der Waals surface area (Å²) in [7, 11) is 0. The van der Waals surface area contributed by atoms with Crippen LogP contribution in [0, 0.1) is 10.1 Å². The molecule has 1 N–H and O–H groups in total. The number of hydrogen-bond acceptors (Lipinski definition) is 5. The van der Waals surface area contributed by atoms with Crippen molar-refractivity contribution in [3.63, 3.8) is 0 Å². The predicted octanol–water partition coefficient (Wildman–Crippen LogP) is 4.67. The summed E-state index contributed by atoms with van der Waals surface area (Å²) in [6, 6.07) is 24.4. The number of rotatable bonds is 6. The quantitative estimate of drug-likeness (QED) is 0.262. The Morgan fingerprint density at radius 2 is 1.68 bits per heavy atom. The fourth-order valence-corrected chi connectivity index (χ4v) is 3.99. The number of amides is 2. The van der Waals surface area contributed by atoms with Gasteiger partial charge in [-0.05, 0) is 52.9 Å². The minimum absolute atomic E-state index is 0.0162. The van der Waals surface area contributed by atoms with Crippen LogP contribution in [0.1, 0.15) is 31.8 Å². The first-order chi connectivity index (χ1) is 16.5. The molecule has 0 radical (unpaired) electrons. The van der Waals surface area contributed by atoms with Crippen molar-refractivity contribution in [1.29, 1.82) is 0 Å².